The summed E-state index contributed by atoms with van der Waals surface area (Å²) in [5.74, 6) is 0.169. The van der Waals surface area contributed by atoms with Crippen molar-refractivity contribution < 1.29 is 5.11 Å². The van der Waals surface area contributed by atoms with Crippen molar-refractivity contribution in [3.8, 4) is 0 Å². The van der Waals surface area contributed by atoms with Gasteiger partial charge in [-0.25, -0.2) is 0 Å². The van der Waals surface area contributed by atoms with Gasteiger partial charge in [0.2, 0.25) is 0 Å². The van der Waals surface area contributed by atoms with Crippen LogP contribution in [0.15, 0.2) is 41.4 Å². The summed E-state index contributed by atoms with van der Waals surface area (Å²) < 4.78 is 0. The van der Waals surface area contributed by atoms with Crippen LogP contribution in [0.1, 0.15) is 20.3 Å². The van der Waals surface area contributed by atoms with Gasteiger partial charge in [-0.1, -0.05) is 29.9 Å². The van der Waals surface area contributed by atoms with Crippen molar-refractivity contribution in [2.75, 3.05) is 6.61 Å². The molecule has 2 nitrogen and oxygen atoms in total. The van der Waals surface area contributed by atoms with E-state index in [1.165, 1.54) is 5.57 Å². The monoisotopic (exact) mass is 207 g/mol. The molecule has 0 aromatic heterocycles. The molecule has 0 bridgehead atoms. The molecule has 0 aliphatic carbocycles. The molecule has 0 aliphatic rings. The van der Waals surface area contributed by atoms with Crippen LogP contribution in [0, 0.1) is 5.92 Å². The minimum absolute atomic E-state index is 0.0351. The number of aliphatic hydroxyl groups excluding tert-OH is 1. The Morgan fingerprint density at radius 2 is 2.00 bits per heavy atom. The maximum absolute atomic E-state index is 9.04. The summed E-state index contributed by atoms with van der Waals surface area (Å²) in [5, 5.41) is 9.04. The number of aliphatic hydroxyl groups is 1. The van der Waals surface area contributed by atoms with E-state index in [2.05, 4.69) is 24.9 Å². The second-order valence-corrected chi connectivity index (χ2v) is 3.60. The Morgan fingerprint density at radius 3 is 2.33 bits per heavy atom. The number of hydrogen-bond donors (Lipinski definition) is 1. The largest absolute Gasteiger partial charge is 0.396 e. The number of aliphatic imine (C=N–C) groups is 1. The van der Waals surface area contributed by atoms with Gasteiger partial charge in [0, 0.05) is 12.5 Å². The first-order valence-electron chi connectivity index (χ1n) is 5.11. The van der Waals surface area contributed by atoms with Crippen LogP contribution in [-0.4, -0.2) is 24.5 Å². The van der Waals surface area contributed by atoms with Gasteiger partial charge < -0.3 is 5.11 Å². The van der Waals surface area contributed by atoms with Crippen LogP contribution in [0.4, 0.5) is 0 Å². The Bertz CT molecular complexity index is 258. The summed E-state index contributed by atoms with van der Waals surface area (Å²) >= 11 is 0. The molecule has 0 saturated heterocycles. The zero-order valence-electron chi connectivity index (χ0n) is 9.74. The number of rotatable bonds is 7. The maximum atomic E-state index is 9.04. The molecule has 0 radical (unpaired) electrons. The first kappa shape index (κ1) is 13.8. The average molecular weight is 207 g/mol. The third-order valence-corrected chi connectivity index (χ3v) is 2.79. The second-order valence-electron chi connectivity index (χ2n) is 3.60. The predicted octanol–water partition coefficient (Wildman–Crippen LogP) is 2.76. The zero-order valence-corrected chi connectivity index (χ0v) is 9.74. The van der Waals surface area contributed by atoms with E-state index in [0.29, 0.717) is 6.42 Å². The second kappa shape index (κ2) is 7.18. The third kappa shape index (κ3) is 3.84. The van der Waals surface area contributed by atoms with Crippen LogP contribution in [0.5, 0.6) is 0 Å². The van der Waals surface area contributed by atoms with Crippen LogP contribution in [-0.2, 0) is 0 Å². The van der Waals surface area contributed by atoms with Crippen LogP contribution < -0.4 is 0 Å². The lowest BCUT2D eigenvalue weighted by Gasteiger charge is -2.22. The highest BCUT2D eigenvalue weighted by molar-refractivity contribution is 5.29. The van der Waals surface area contributed by atoms with Gasteiger partial charge in [0.05, 0.1) is 6.04 Å². The van der Waals surface area contributed by atoms with Gasteiger partial charge in [-0.05, 0) is 27.0 Å². The lowest BCUT2D eigenvalue weighted by atomic mass is 9.87. The normalized spacial score (nSPS) is 16.2. The Balaban J connectivity index is 5.02. The van der Waals surface area contributed by atoms with Crippen molar-refractivity contribution in [2.24, 2.45) is 10.9 Å². The van der Waals surface area contributed by atoms with E-state index in [1.807, 2.05) is 19.9 Å². The van der Waals surface area contributed by atoms with Gasteiger partial charge in [0.15, 0.2) is 0 Å². The predicted molar refractivity (Wildman–Crippen MR) is 67.3 cm³/mol. The number of hydrogen-bond acceptors (Lipinski definition) is 2. The average Bonchev–Trinajstić information content (AvgIpc) is 2.27. The highest BCUT2D eigenvalue weighted by Gasteiger charge is 2.19. The summed E-state index contributed by atoms with van der Waals surface area (Å²) in [6.07, 6.45) is 4.27. The molecule has 0 aliphatic heterocycles. The molecule has 15 heavy (non-hydrogen) atoms. The molecule has 0 saturated carbocycles. The first-order chi connectivity index (χ1) is 7.12. The highest BCUT2D eigenvalue weighted by atomic mass is 16.3. The van der Waals surface area contributed by atoms with Gasteiger partial charge in [0.25, 0.3) is 0 Å². The van der Waals surface area contributed by atoms with Crippen LogP contribution >= 0.6 is 0 Å². The van der Waals surface area contributed by atoms with Gasteiger partial charge in [0.1, 0.15) is 0 Å². The van der Waals surface area contributed by atoms with Crippen molar-refractivity contribution in [2.45, 2.75) is 26.3 Å². The van der Waals surface area contributed by atoms with E-state index in [9.17, 15) is 0 Å². The van der Waals surface area contributed by atoms with Crippen LogP contribution in [0.2, 0.25) is 0 Å². The SMILES string of the molecule is C=C/C(C)=C(\C)C(CCO)C(C=C)N=C. The van der Waals surface area contributed by atoms with Crippen LogP contribution in [0.3, 0.4) is 0 Å². The van der Waals surface area contributed by atoms with Crippen molar-refractivity contribution >= 4 is 6.72 Å². The minimum Gasteiger partial charge on any atom is -0.396 e. The molecule has 0 spiro atoms. The van der Waals surface area contributed by atoms with Crippen LogP contribution in [0.25, 0.3) is 0 Å². The standard InChI is InChI=1S/C13H21NO/c1-6-10(3)11(4)12(8-9-15)13(7-2)14-5/h6-7,12-13,15H,1-2,5,8-9H2,3-4H3/b11-10+. The molecule has 0 aromatic carbocycles. The smallest absolute Gasteiger partial charge is 0.0736 e. The summed E-state index contributed by atoms with van der Waals surface area (Å²) in [5.41, 5.74) is 2.32. The maximum Gasteiger partial charge on any atom is 0.0736 e. The van der Waals surface area contributed by atoms with E-state index in [4.69, 9.17) is 5.11 Å². The van der Waals surface area contributed by atoms with Gasteiger partial charge in [-0.2, -0.15) is 0 Å². The summed E-state index contributed by atoms with van der Waals surface area (Å²) in [6.45, 7) is 15.2. The molecule has 1 N–H and O–H groups in total. The van der Waals surface area contributed by atoms with Crippen molar-refractivity contribution in [3.05, 3.63) is 36.5 Å². The molecule has 0 heterocycles. The van der Waals surface area contributed by atoms with Gasteiger partial charge in [-0.15, -0.1) is 6.58 Å². The Hall–Kier alpha value is -1.15. The van der Waals surface area contributed by atoms with Gasteiger partial charge >= 0.3 is 0 Å². The number of nitrogens with zero attached hydrogens (tertiary/aromatic N) is 1. The lowest BCUT2D eigenvalue weighted by molar-refractivity contribution is 0.262. The molecule has 0 fully saturated rings. The molecule has 2 heteroatoms. The Kier molecular flexibility index (Phi) is 6.63. The zero-order chi connectivity index (χ0) is 11.8. The molecule has 0 amide bonds. The van der Waals surface area contributed by atoms with E-state index in [1.54, 1.807) is 6.08 Å². The number of allylic oxidation sites excluding steroid dienone is 2. The fourth-order valence-electron chi connectivity index (χ4n) is 1.60. The molecule has 84 valence electrons. The summed E-state index contributed by atoms with van der Waals surface area (Å²) in [4.78, 5) is 4.02. The van der Waals surface area contributed by atoms with Crippen molar-refractivity contribution in [3.63, 3.8) is 0 Å². The molecular weight excluding hydrogens is 186 g/mol. The molecular formula is C13H21NO. The summed E-state index contributed by atoms with van der Waals surface area (Å²) in [6, 6.07) is -0.0351. The minimum atomic E-state index is -0.0351. The molecule has 2 atom stereocenters. The Labute approximate surface area is 92.7 Å². The van der Waals surface area contributed by atoms with E-state index in [0.717, 1.165) is 5.57 Å². The van der Waals surface area contributed by atoms with Gasteiger partial charge in [-0.3, -0.25) is 4.99 Å². The Morgan fingerprint density at radius 1 is 1.40 bits per heavy atom. The van der Waals surface area contributed by atoms with Crippen molar-refractivity contribution in [1.82, 2.24) is 0 Å². The van der Waals surface area contributed by atoms with Crippen molar-refractivity contribution in [1.29, 1.82) is 0 Å². The summed E-state index contributed by atoms with van der Waals surface area (Å²) in [7, 11) is 0. The molecule has 0 aromatic rings. The lowest BCUT2D eigenvalue weighted by Crippen LogP contribution is -2.19. The molecule has 0 rings (SSSR count). The quantitative estimate of drug-likeness (QED) is 0.388. The topological polar surface area (TPSA) is 32.6 Å². The highest BCUT2D eigenvalue weighted by Crippen LogP contribution is 2.25. The third-order valence-electron chi connectivity index (χ3n) is 2.79. The van der Waals surface area contributed by atoms with E-state index in [-0.39, 0.29) is 18.6 Å². The first-order valence-corrected chi connectivity index (χ1v) is 5.11. The fourth-order valence-corrected chi connectivity index (χ4v) is 1.60. The van der Waals surface area contributed by atoms with E-state index >= 15 is 0 Å². The molecule has 2 unspecified atom stereocenters. The van der Waals surface area contributed by atoms with E-state index < -0.39 is 0 Å². The fraction of sp³-hybridized carbons (Fsp3) is 0.462.